The lowest BCUT2D eigenvalue weighted by molar-refractivity contribution is 0.590. The van der Waals surface area contributed by atoms with E-state index in [4.69, 9.17) is 0 Å². The third kappa shape index (κ3) is 2.58. The lowest BCUT2D eigenvalue weighted by atomic mass is 9.86. The summed E-state index contributed by atoms with van der Waals surface area (Å²) in [7, 11) is 0. The number of aromatic nitrogens is 1. The summed E-state index contributed by atoms with van der Waals surface area (Å²) < 4.78 is 0. The fraction of sp³-hybridized carbons (Fsp3) is 0.200. The van der Waals surface area contributed by atoms with Crippen molar-refractivity contribution in [3.05, 3.63) is 65.9 Å². The number of pyridine rings is 1. The van der Waals surface area contributed by atoms with Crippen LogP contribution in [0, 0.1) is 11.3 Å². The maximum absolute atomic E-state index is 9.21. The highest BCUT2D eigenvalue weighted by Gasteiger charge is 2.14. The van der Waals surface area contributed by atoms with Gasteiger partial charge in [-0.25, -0.2) is 4.98 Å². The Balaban J connectivity index is 2.19. The lowest BCUT2D eigenvalue weighted by Crippen LogP contribution is -2.10. The fourth-order valence-corrected chi connectivity index (χ4v) is 2.60. The predicted octanol–water partition coefficient (Wildman–Crippen LogP) is 5.07. The first-order valence-electron chi connectivity index (χ1n) is 7.40. The molecular formula is C20H18N2. The van der Waals surface area contributed by atoms with Gasteiger partial charge in [0, 0.05) is 10.9 Å². The fourth-order valence-electron chi connectivity index (χ4n) is 2.60. The molecule has 0 saturated carbocycles. The molecule has 0 aliphatic carbocycles. The average molecular weight is 286 g/mol. The Bertz CT molecular complexity index is 863. The largest absolute Gasteiger partial charge is 0.236 e. The van der Waals surface area contributed by atoms with Crippen LogP contribution in [0.1, 0.15) is 32.0 Å². The first-order chi connectivity index (χ1) is 10.5. The minimum Gasteiger partial charge on any atom is -0.236 e. The van der Waals surface area contributed by atoms with Gasteiger partial charge in [-0.2, -0.15) is 5.26 Å². The Morgan fingerprint density at radius 2 is 1.64 bits per heavy atom. The summed E-state index contributed by atoms with van der Waals surface area (Å²) >= 11 is 0. The lowest BCUT2D eigenvalue weighted by Gasteiger charge is -2.19. The Kier molecular flexibility index (Phi) is 3.42. The van der Waals surface area contributed by atoms with Gasteiger partial charge >= 0.3 is 0 Å². The van der Waals surface area contributed by atoms with Gasteiger partial charge < -0.3 is 0 Å². The summed E-state index contributed by atoms with van der Waals surface area (Å²) in [5, 5.41) is 11.3. The van der Waals surface area contributed by atoms with E-state index >= 15 is 0 Å². The van der Waals surface area contributed by atoms with Crippen LogP contribution in [0.2, 0.25) is 0 Å². The Morgan fingerprint density at radius 3 is 2.27 bits per heavy atom. The van der Waals surface area contributed by atoms with Crippen molar-refractivity contribution in [2.24, 2.45) is 0 Å². The van der Waals surface area contributed by atoms with Crippen LogP contribution in [-0.2, 0) is 5.41 Å². The van der Waals surface area contributed by atoms with Gasteiger partial charge in [0.1, 0.15) is 11.8 Å². The van der Waals surface area contributed by atoms with Gasteiger partial charge in [0.2, 0.25) is 0 Å². The van der Waals surface area contributed by atoms with Crippen molar-refractivity contribution in [2.75, 3.05) is 0 Å². The first kappa shape index (κ1) is 14.3. The minimum atomic E-state index is 0.128. The second-order valence-electron chi connectivity index (χ2n) is 6.52. The molecule has 3 aromatic rings. The Labute approximate surface area is 131 Å². The van der Waals surface area contributed by atoms with Crippen molar-refractivity contribution in [3.63, 3.8) is 0 Å². The van der Waals surface area contributed by atoms with E-state index in [-0.39, 0.29) is 5.41 Å². The first-order valence-corrected chi connectivity index (χ1v) is 7.40. The number of hydrogen-bond donors (Lipinski definition) is 0. The third-order valence-corrected chi connectivity index (χ3v) is 3.88. The van der Waals surface area contributed by atoms with Crippen LogP contribution in [-0.4, -0.2) is 4.98 Å². The monoisotopic (exact) mass is 286 g/mol. The van der Waals surface area contributed by atoms with E-state index in [2.05, 4.69) is 62.2 Å². The third-order valence-electron chi connectivity index (χ3n) is 3.88. The molecule has 3 rings (SSSR count). The van der Waals surface area contributed by atoms with Gasteiger partial charge in [0.05, 0.1) is 5.69 Å². The molecule has 2 aromatic carbocycles. The Morgan fingerprint density at radius 1 is 0.955 bits per heavy atom. The number of nitrogens with zero attached hydrogens (tertiary/aromatic N) is 2. The molecule has 0 radical (unpaired) electrons. The summed E-state index contributed by atoms with van der Waals surface area (Å²) in [6.45, 7) is 6.60. The molecule has 0 amide bonds. The van der Waals surface area contributed by atoms with Gasteiger partial charge in [0.15, 0.2) is 0 Å². The molecular weight excluding hydrogens is 268 g/mol. The van der Waals surface area contributed by atoms with Crippen molar-refractivity contribution in [3.8, 4) is 17.3 Å². The van der Waals surface area contributed by atoms with E-state index in [0.717, 1.165) is 22.0 Å². The molecule has 108 valence electrons. The van der Waals surface area contributed by atoms with Crippen molar-refractivity contribution < 1.29 is 0 Å². The molecule has 0 aliphatic heterocycles. The molecule has 1 heterocycles. The SMILES string of the molecule is CC(C)(C)c1ccc(-c2nc(C#N)cc3ccccc23)cc1. The highest BCUT2D eigenvalue weighted by molar-refractivity contribution is 5.95. The standard InChI is InChI=1S/C20H18N2/c1-20(2,3)16-10-8-14(9-11-16)19-18-7-5-4-6-15(18)12-17(13-21)22-19/h4-12H,1-3H3. The molecule has 0 N–H and O–H groups in total. The Hall–Kier alpha value is -2.66. The minimum absolute atomic E-state index is 0.128. The molecule has 0 unspecified atom stereocenters. The van der Waals surface area contributed by atoms with Gasteiger partial charge in [-0.3, -0.25) is 0 Å². The summed E-state index contributed by atoms with van der Waals surface area (Å²) in [6, 6.07) is 20.5. The van der Waals surface area contributed by atoms with E-state index in [1.807, 2.05) is 24.3 Å². The summed E-state index contributed by atoms with van der Waals surface area (Å²) in [6.07, 6.45) is 0. The van der Waals surface area contributed by atoms with Crippen LogP contribution in [0.25, 0.3) is 22.0 Å². The highest BCUT2D eigenvalue weighted by Crippen LogP contribution is 2.30. The molecule has 22 heavy (non-hydrogen) atoms. The number of hydrogen-bond acceptors (Lipinski definition) is 2. The normalized spacial score (nSPS) is 11.4. The van der Waals surface area contributed by atoms with E-state index in [1.54, 1.807) is 0 Å². The number of nitriles is 1. The zero-order valence-corrected chi connectivity index (χ0v) is 13.1. The van der Waals surface area contributed by atoms with Gasteiger partial charge in [-0.05, 0) is 22.4 Å². The zero-order valence-electron chi connectivity index (χ0n) is 13.1. The number of rotatable bonds is 1. The summed E-state index contributed by atoms with van der Waals surface area (Å²) in [4.78, 5) is 4.52. The van der Waals surface area contributed by atoms with Crippen LogP contribution >= 0.6 is 0 Å². The molecule has 0 aliphatic rings. The van der Waals surface area contributed by atoms with E-state index in [9.17, 15) is 5.26 Å². The van der Waals surface area contributed by atoms with Crippen LogP contribution < -0.4 is 0 Å². The molecule has 0 bridgehead atoms. The topological polar surface area (TPSA) is 36.7 Å². The average Bonchev–Trinajstić information content (AvgIpc) is 2.53. The molecule has 2 nitrogen and oxygen atoms in total. The predicted molar refractivity (Wildman–Crippen MR) is 90.6 cm³/mol. The van der Waals surface area contributed by atoms with Crippen molar-refractivity contribution in [2.45, 2.75) is 26.2 Å². The van der Waals surface area contributed by atoms with Crippen molar-refractivity contribution in [1.29, 1.82) is 5.26 Å². The van der Waals surface area contributed by atoms with Crippen LogP contribution in [0.4, 0.5) is 0 Å². The van der Waals surface area contributed by atoms with Crippen LogP contribution in [0.15, 0.2) is 54.6 Å². The molecule has 0 atom stereocenters. The van der Waals surface area contributed by atoms with Crippen molar-refractivity contribution >= 4 is 10.8 Å². The quantitative estimate of drug-likeness (QED) is 0.626. The van der Waals surface area contributed by atoms with Crippen molar-refractivity contribution in [1.82, 2.24) is 4.98 Å². The smallest absolute Gasteiger partial charge is 0.141 e. The second kappa shape index (κ2) is 5.27. The maximum Gasteiger partial charge on any atom is 0.141 e. The molecule has 0 fully saturated rings. The summed E-state index contributed by atoms with van der Waals surface area (Å²) in [5.74, 6) is 0. The van der Waals surface area contributed by atoms with E-state index in [0.29, 0.717) is 5.69 Å². The molecule has 2 heteroatoms. The number of benzene rings is 2. The molecule has 0 spiro atoms. The molecule has 1 aromatic heterocycles. The van der Waals surface area contributed by atoms with Gasteiger partial charge in [-0.1, -0.05) is 69.3 Å². The van der Waals surface area contributed by atoms with Crippen LogP contribution in [0.5, 0.6) is 0 Å². The highest BCUT2D eigenvalue weighted by atomic mass is 14.7. The summed E-state index contributed by atoms with van der Waals surface area (Å²) in [5.41, 5.74) is 3.78. The van der Waals surface area contributed by atoms with Gasteiger partial charge in [0.25, 0.3) is 0 Å². The maximum atomic E-state index is 9.21. The zero-order chi connectivity index (χ0) is 15.7. The van der Waals surface area contributed by atoms with E-state index in [1.165, 1.54) is 5.56 Å². The number of fused-ring (bicyclic) bond motifs is 1. The molecule has 0 saturated heterocycles. The van der Waals surface area contributed by atoms with E-state index < -0.39 is 0 Å². The van der Waals surface area contributed by atoms with Gasteiger partial charge in [-0.15, -0.1) is 0 Å². The van der Waals surface area contributed by atoms with Crippen LogP contribution in [0.3, 0.4) is 0 Å². The second-order valence-corrected chi connectivity index (χ2v) is 6.52.